The highest BCUT2D eigenvalue weighted by atomic mass is 16.5. The molecule has 0 aliphatic heterocycles. The van der Waals surface area contributed by atoms with Gasteiger partial charge in [-0.25, -0.2) is 0 Å². The quantitative estimate of drug-likeness (QED) is 0.705. The maximum Gasteiger partial charge on any atom is 0.165 e. The molecule has 7 unspecified atom stereocenters. The van der Waals surface area contributed by atoms with Gasteiger partial charge in [-0.1, -0.05) is 13.8 Å². The van der Waals surface area contributed by atoms with Gasteiger partial charge in [0.2, 0.25) is 0 Å². The molecule has 0 amide bonds. The maximum absolute atomic E-state index is 12.5. The summed E-state index contributed by atoms with van der Waals surface area (Å²) in [5.74, 6) is 1.88. The van der Waals surface area contributed by atoms with Crippen molar-refractivity contribution in [1.29, 1.82) is 0 Å². The fraction of sp³-hybridized carbons (Fsp3) is 0.867. The van der Waals surface area contributed by atoms with E-state index in [2.05, 4.69) is 13.8 Å². The van der Waals surface area contributed by atoms with Crippen LogP contribution >= 0.6 is 0 Å². The van der Waals surface area contributed by atoms with Crippen LogP contribution in [0.5, 0.6) is 0 Å². The summed E-state index contributed by atoms with van der Waals surface area (Å²) in [6.45, 7) is 8.70. The van der Waals surface area contributed by atoms with Gasteiger partial charge in [0.05, 0.1) is 0 Å². The summed E-state index contributed by atoms with van der Waals surface area (Å²) in [5, 5.41) is 0. The fourth-order valence-corrected chi connectivity index (χ4v) is 4.25. The first-order valence-corrected chi connectivity index (χ1v) is 7.13. The predicted octanol–water partition coefficient (Wildman–Crippen LogP) is 2.33. The van der Waals surface area contributed by atoms with Crippen molar-refractivity contribution in [3.05, 3.63) is 0 Å². The molecule has 18 heavy (non-hydrogen) atoms. The largest absolute Gasteiger partial charge is 0.371 e. The third kappa shape index (κ3) is 1.93. The van der Waals surface area contributed by atoms with Gasteiger partial charge >= 0.3 is 0 Å². The van der Waals surface area contributed by atoms with Crippen molar-refractivity contribution in [3.8, 4) is 0 Å². The monoisotopic (exact) mass is 252 g/mol. The number of ketones is 1. The Kier molecular flexibility index (Phi) is 3.90. The van der Waals surface area contributed by atoms with Crippen LogP contribution in [0.4, 0.5) is 0 Å². The Labute approximate surface area is 109 Å². The zero-order valence-electron chi connectivity index (χ0n) is 11.8. The van der Waals surface area contributed by atoms with E-state index in [1.807, 2.05) is 13.8 Å². The number of carbonyl (C=O) groups excluding carboxylic acids is 2. The molecule has 2 saturated carbocycles. The number of Topliss-reactive ketones (excluding diaryl/α,β-unsaturated/α-hetero) is 1. The second-order valence-corrected chi connectivity index (χ2v) is 6.02. The van der Waals surface area contributed by atoms with Gasteiger partial charge in [0.25, 0.3) is 0 Å². The molecular weight excluding hydrogens is 228 g/mol. The van der Waals surface area contributed by atoms with E-state index < -0.39 is 0 Å². The van der Waals surface area contributed by atoms with Gasteiger partial charge in [0.1, 0.15) is 12.4 Å². The second kappa shape index (κ2) is 5.12. The molecule has 0 heterocycles. The highest BCUT2D eigenvalue weighted by molar-refractivity contribution is 5.88. The maximum atomic E-state index is 12.5. The first-order chi connectivity index (χ1) is 8.52. The predicted molar refractivity (Wildman–Crippen MR) is 69.1 cm³/mol. The summed E-state index contributed by atoms with van der Waals surface area (Å²) in [6.07, 6.45) is 1.69. The molecule has 0 aromatic heterocycles. The highest BCUT2D eigenvalue weighted by Gasteiger charge is 2.57. The number of carbonyl (C=O) groups is 2. The van der Waals surface area contributed by atoms with Crippen LogP contribution in [0, 0.1) is 35.5 Å². The van der Waals surface area contributed by atoms with Crippen molar-refractivity contribution in [1.82, 2.24) is 0 Å². The van der Waals surface area contributed by atoms with Crippen molar-refractivity contribution in [2.75, 3.05) is 6.61 Å². The number of fused-ring (bicyclic) bond motifs is 2. The molecule has 0 radical (unpaired) electrons. The van der Waals surface area contributed by atoms with Crippen LogP contribution in [0.15, 0.2) is 0 Å². The molecule has 0 N–H and O–H groups in total. The van der Waals surface area contributed by atoms with Gasteiger partial charge in [-0.15, -0.1) is 0 Å². The normalized spacial score (nSPS) is 44.0. The molecule has 2 aliphatic carbocycles. The molecule has 2 aliphatic rings. The van der Waals surface area contributed by atoms with E-state index >= 15 is 0 Å². The van der Waals surface area contributed by atoms with E-state index in [1.54, 1.807) is 0 Å². The third-order valence-electron chi connectivity index (χ3n) is 5.40. The van der Waals surface area contributed by atoms with Gasteiger partial charge < -0.3 is 9.53 Å². The number of aldehydes is 1. The van der Waals surface area contributed by atoms with E-state index in [-0.39, 0.29) is 23.7 Å². The number of rotatable bonds is 5. The lowest BCUT2D eigenvalue weighted by atomic mass is 9.68. The van der Waals surface area contributed by atoms with Gasteiger partial charge in [-0.2, -0.15) is 0 Å². The van der Waals surface area contributed by atoms with E-state index in [9.17, 15) is 9.59 Å². The number of hydrogen-bond acceptors (Lipinski definition) is 3. The Morgan fingerprint density at radius 3 is 2.50 bits per heavy atom. The lowest BCUT2D eigenvalue weighted by molar-refractivity contribution is -0.140. The van der Waals surface area contributed by atoms with Crippen LogP contribution in [0.25, 0.3) is 0 Å². The fourth-order valence-electron chi connectivity index (χ4n) is 4.25. The van der Waals surface area contributed by atoms with Gasteiger partial charge in [0.15, 0.2) is 5.78 Å². The highest BCUT2D eigenvalue weighted by Crippen LogP contribution is 2.57. The Morgan fingerprint density at radius 2 is 1.94 bits per heavy atom. The van der Waals surface area contributed by atoms with Crippen LogP contribution in [0.2, 0.25) is 0 Å². The lowest BCUT2D eigenvalue weighted by Crippen LogP contribution is -2.41. The summed E-state index contributed by atoms with van der Waals surface area (Å²) in [6, 6.07) is 0. The number of ether oxygens (including phenoxy) is 1. The first kappa shape index (κ1) is 13.7. The van der Waals surface area contributed by atoms with E-state index in [0.717, 1.165) is 12.7 Å². The van der Waals surface area contributed by atoms with Crippen LogP contribution in [-0.2, 0) is 14.3 Å². The molecule has 0 spiro atoms. The minimum Gasteiger partial charge on any atom is -0.371 e. The molecular formula is C15H24O3. The molecule has 2 fully saturated rings. The van der Waals surface area contributed by atoms with Crippen LogP contribution in [0.1, 0.15) is 34.1 Å². The molecule has 3 heteroatoms. The summed E-state index contributed by atoms with van der Waals surface area (Å²) in [4.78, 5) is 23.8. The average Bonchev–Trinajstić information content (AvgIpc) is 2.86. The standard InChI is InChI=1S/C15H24O3/c1-5-18-10(4)15(17)14-12-6-11(13(14)7-16)8(2)9(12)3/h7-14H,5-6H2,1-4H3. The van der Waals surface area contributed by atoms with Crippen molar-refractivity contribution in [3.63, 3.8) is 0 Å². The zero-order chi connectivity index (χ0) is 13.4. The minimum atomic E-state index is -0.371. The minimum absolute atomic E-state index is 0.0726. The van der Waals surface area contributed by atoms with E-state index in [4.69, 9.17) is 4.74 Å². The summed E-state index contributed by atoms with van der Waals surface area (Å²) in [7, 11) is 0. The van der Waals surface area contributed by atoms with Gasteiger partial charge in [-0.05, 0) is 43.9 Å². The molecule has 3 nitrogen and oxygen atoms in total. The van der Waals surface area contributed by atoms with Crippen LogP contribution in [-0.4, -0.2) is 24.8 Å². The zero-order valence-corrected chi connectivity index (χ0v) is 11.8. The van der Waals surface area contributed by atoms with Crippen molar-refractivity contribution < 1.29 is 14.3 Å². The van der Waals surface area contributed by atoms with Gasteiger partial charge in [0, 0.05) is 18.4 Å². The van der Waals surface area contributed by atoms with E-state index in [0.29, 0.717) is 30.3 Å². The van der Waals surface area contributed by atoms with Crippen molar-refractivity contribution in [2.24, 2.45) is 35.5 Å². The Balaban J connectivity index is 2.17. The molecule has 102 valence electrons. The number of hydrogen-bond donors (Lipinski definition) is 0. The topological polar surface area (TPSA) is 43.4 Å². The average molecular weight is 252 g/mol. The molecule has 0 aromatic carbocycles. The van der Waals surface area contributed by atoms with Crippen LogP contribution in [0.3, 0.4) is 0 Å². The Hall–Kier alpha value is -0.700. The van der Waals surface area contributed by atoms with Crippen molar-refractivity contribution >= 4 is 12.1 Å². The molecule has 2 bridgehead atoms. The third-order valence-corrected chi connectivity index (χ3v) is 5.40. The Morgan fingerprint density at radius 1 is 1.33 bits per heavy atom. The van der Waals surface area contributed by atoms with Crippen molar-refractivity contribution in [2.45, 2.75) is 40.2 Å². The van der Waals surface area contributed by atoms with Gasteiger partial charge in [-0.3, -0.25) is 4.79 Å². The smallest absolute Gasteiger partial charge is 0.165 e. The SMILES string of the molecule is CCOC(C)C(=O)C1C(C=O)C2CC1C(C)C2C. The molecule has 0 saturated heterocycles. The van der Waals surface area contributed by atoms with E-state index in [1.165, 1.54) is 0 Å². The lowest BCUT2D eigenvalue weighted by Gasteiger charge is -2.36. The summed E-state index contributed by atoms with van der Waals surface area (Å²) < 4.78 is 5.41. The van der Waals surface area contributed by atoms with Crippen LogP contribution < -0.4 is 0 Å². The molecule has 7 atom stereocenters. The summed E-state index contributed by atoms with van der Waals surface area (Å²) in [5.41, 5.74) is 0. The molecule has 2 rings (SSSR count). The second-order valence-electron chi connectivity index (χ2n) is 6.02. The first-order valence-electron chi connectivity index (χ1n) is 7.13. The molecule has 0 aromatic rings. The summed E-state index contributed by atoms with van der Waals surface area (Å²) >= 11 is 0. The Bertz CT molecular complexity index is 339.